The van der Waals surface area contributed by atoms with E-state index in [1.165, 1.54) is 0 Å². The highest BCUT2D eigenvalue weighted by molar-refractivity contribution is 6.31. The van der Waals surface area contributed by atoms with Crippen LogP contribution in [0.3, 0.4) is 0 Å². The average Bonchev–Trinajstić information content (AvgIpc) is 2.15. The number of halogens is 2. The molecule has 1 aromatic rings. The summed E-state index contributed by atoms with van der Waals surface area (Å²) in [5.74, 6) is -1.67. The standard InChI is InChI=1S/C10H10ClFO2/c11-9-4-2-1-3-8(9)7(6-12)5-10(13)14/h1-4,7H,5-6H2,(H,13,14). The van der Waals surface area contributed by atoms with E-state index in [9.17, 15) is 9.18 Å². The topological polar surface area (TPSA) is 37.3 Å². The number of hydrogen-bond acceptors (Lipinski definition) is 1. The zero-order valence-electron chi connectivity index (χ0n) is 7.41. The summed E-state index contributed by atoms with van der Waals surface area (Å²) in [6.07, 6.45) is -0.236. The Bertz CT molecular complexity index is 328. The van der Waals surface area contributed by atoms with E-state index >= 15 is 0 Å². The highest BCUT2D eigenvalue weighted by atomic mass is 35.5. The predicted octanol–water partition coefficient (Wildman–Crippen LogP) is 2.87. The van der Waals surface area contributed by atoms with Gasteiger partial charge in [-0.15, -0.1) is 0 Å². The van der Waals surface area contributed by atoms with E-state index in [-0.39, 0.29) is 6.42 Å². The molecule has 76 valence electrons. The zero-order chi connectivity index (χ0) is 10.6. The third-order valence-electron chi connectivity index (χ3n) is 1.95. The molecule has 0 spiro atoms. The highest BCUT2D eigenvalue weighted by Crippen LogP contribution is 2.27. The Labute approximate surface area is 86.3 Å². The number of benzene rings is 1. The maximum Gasteiger partial charge on any atom is 0.304 e. The molecule has 0 radical (unpaired) electrons. The van der Waals surface area contributed by atoms with Gasteiger partial charge >= 0.3 is 5.97 Å². The van der Waals surface area contributed by atoms with Gasteiger partial charge in [0.15, 0.2) is 0 Å². The molecule has 0 aliphatic heterocycles. The van der Waals surface area contributed by atoms with Crippen LogP contribution in [-0.2, 0) is 4.79 Å². The van der Waals surface area contributed by atoms with Gasteiger partial charge in [0.2, 0.25) is 0 Å². The van der Waals surface area contributed by atoms with Crippen LogP contribution in [0.15, 0.2) is 24.3 Å². The van der Waals surface area contributed by atoms with Crippen molar-refractivity contribution < 1.29 is 14.3 Å². The van der Waals surface area contributed by atoms with Gasteiger partial charge in [-0.3, -0.25) is 9.18 Å². The fourth-order valence-corrected chi connectivity index (χ4v) is 1.55. The SMILES string of the molecule is O=C(O)CC(CF)c1ccccc1Cl. The molecule has 0 aliphatic rings. The highest BCUT2D eigenvalue weighted by Gasteiger charge is 2.17. The maximum atomic E-state index is 12.6. The smallest absolute Gasteiger partial charge is 0.304 e. The van der Waals surface area contributed by atoms with Gasteiger partial charge in [-0.1, -0.05) is 29.8 Å². The van der Waals surface area contributed by atoms with Crippen LogP contribution in [0.5, 0.6) is 0 Å². The Hall–Kier alpha value is -1.09. The molecule has 14 heavy (non-hydrogen) atoms. The van der Waals surface area contributed by atoms with Gasteiger partial charge in [0.05, 0.1) is 13.1 Å². The molecule has 0 saturated carbocycles. The quantitative estimate of drug-likeness (QED) is 0.840. The Balaban J connectivity index is 2.89. The molecule has 0 aromatic heterocycles. The summed E-state index contributed by atoms with van der Waals surface area (Å²) in [5.41, 5.74) is 0.555. The maximum absolute atomic E-state index is 12.6. The molecule has 4 heteroatoms. The monoisotopic (exact) mass is 216 g/mol. The van der Waals surface area contributed by atoms with Gasteiger partial charge in [0.25, 0.3) is 0 Å². The largest absolute Gasteiger partial charge is 0.481 e. The molecule has 0 bridgehead atoms. The predicted molar refractivity (Wildman–Crippen MR) is 52.4 cm³/mol. The van der Waals surface area contributed by atoms with Crippen molar-refractivity contribution in [3.8, 4) is 0 Å². The lowest BCUT2D eigenvalue weighted by molar-refractivity contribution is -0.137. The molecule has 0 saturated heterocycles. The van der Waals surface area contributed by atoms with Crippen LogP contribution in [0.1, 0.15) is 17.9 Å². The van der Waals surface area contributed by atoms with Gasteiger partial charge in [-0.25, -0.2) is 0 Å². The van der Waals surface area contributed by atoms with Crippen molar-refractivity contribution in [2.24, 2.45) is 0 Å². The van der Waals surface area contributed by atoms with Crippen LogP contribution in [0.2, 0.25) is 5.02 Å². The molecule has 0 heterocycles. The van der Waals surface area contributed by atoms with E-state index in [0.717, 1.165) is 0 Å². The van der Waals surface area contributed by atoms with Gasteiger partial charge in [-0.05, 0) is 11.6 Å². The molecule has 1 unspecified atom stereocenters. The number of carboxylic acids is 1. The number of hydrogen-bond donors (Lipinski definition) is 1. The van der Waals surface area contributed by atoms with Crippen molar-refractivity contribution in [1.82, 2.24) is 0 Å². The van der Waals surface area contributed by atoms with Crippen LogP contribution >= 0.6 is 11.6 Å². The fraction of sp³-hybridized carbons (Fsp3) is 0.300. The molecule has 1 N–H and O–H groups in total. The van der Waals surface area contributed by atoms with Crippen LogP contribution in [0.25, 0.3) is 0 Å². The van der Waals surface area contributed by atoms with Gasteiger partial charge in [-0.2, -0.15) is 0 Å². The van der Waals surface area contributed by atoms with Crippen LogP contribution in [0, 0.1) is 0 Å². The van der Waals surface area contributed by atoms with Crippen molar-refractivity contribution in [2.45, 2.75) is 12.3 Å². The van der Waals surface area contributed by atoms with Crippen molar-refractivity contribution in [1.29, 1.82) is 0 Å². The summed E-state index contributed by atoms with van der Waals surface area (Å²) >= 11 is 5.82. The third kappa shape index (κ3) is 2.70. The van der Waals surface area contributed by atoms with E-state index in [2.05, 4.69) is 0 Å². The van der Waals surface area contributed by atoms with Crippen molar-refractivity contribution >= 4 is 17.6 Å². The first-order chi connectivity index (χ1) is 6.65. The second kappa shape index (κ2) is 4.96. The Morgan fingerprint density at radius 1 is 1.50 bits per heavy atom. The number of rotatable bonds is 4. The molecular weight excluding hydrogens is 207 g/mol. The lowest BCUT2D eigenvalue weighted by Crippen LogP contribution is -2.08. The molecule has 1 atom stereocenters. The normalized spacial score (nSPS) is 12.4. The number of carbonyl (C=O) groups is 1. The molecule has 0 amide bonds. The molecule has 0 aliphatic carbocycles. The zero-order valence-corrected chi connectivity index (χ0v) is 8.17. The van der Waals surface area contributed by atoms with Crippen molar-refractivity contribution in [3.05, 3.63) is 34.9 Å². The first-order valence-electron chi connectivity index (χ1n) is 4.17. The van der Waals surface area contributed by atoms with Crippen LogP contribution in [-0.4, -0.2) is 17.8 Å². The van der Waals surface area contributed by atoms with E-state index in [1.807, 2.05) is 0 Å². The van der Waals surface area contributed by atoms with E-state index in [4.69, 9.17) is 16.7 Å². The molecular formula is C10H10ClFO2. The first kappa shape index (κ1) is 11.0. The second-order valence-corrected chi connectivity index (χ2v) is 3.38. The first-order valence-corrected chi connectivity index (χ1v) is 4.55. The summed E-state index contributed by atoms with van der Waals surface area (Å²) in [5, 5.41) is 8.97. The minimum absolute atomic E-state index is 0.236. The molecule has 2 nitrogen and oxygen atoms in total. The summed E-state index contributed by atoms with van der Waals surface area (Å²) in [6.45, 7) is -0.712. The molecule has 0 fully saturated rings. The minimum Gasteiger partial charge on any atom is -0.481 e. The van der Waals surface area contributed by atoms with E-state index in [1.54, 1.807) is 24.3 Å². The molecule has 1 rings (SSSR count). The molecule has 1 aromatic carbocycles. The van der Waals surface area contributed by atoms with E-state index < -0.39 is 18.6 Å². The van der Waals surface area contributed by atoms with Crippen molar-refractivity contribution in [3.63, 3.8) is 0 Å². The van der Waals surface area contributed by atoms with Crippen molar-refractivity contribution in [2.75, 3.05) is 6.67 Å². The Morgan fingerprint density at radius 3 is 2.64 bits per heavy atom. The van der Waals surface area contributed by atoms with Gasteiger partial charge in [0.1, 0.15) is 0 Å². The van der Waals surface area contributed by atoms with Crippen LogP contribution < -0.4 is 0 Å². The van der Waals surface area contributed by atoms with Gasteiger partial charge in [0, 0.05) is 10.9 Å². The van der Waals surface area contributed by atoms with E-state index in [0.29, 0.717) is 10.6 Å². The minimum atomic E-state index is -1.02. The Morgan fingerprint density at radius 2 is 2.14 bits per heavy atom. The average molecular weight is 217 g/mol. The second-order valence-electron chi connectivity index (χ2n) is 2.97. The third-order valence-corrected chi connectivity index (χ3v) is 2.30. The number of carboxylic acid groups (broad SMARTS) is 1. The number of alkyl halides is 1. The summed E-state index contributed by atoms with van der Waals surface area (Å²) in [7, 11) is 0. The lowest BCUT2D eigenvalue weighted by Gasteiger charge is -2.12. The van der Waals surface area contributed by atoms with Gasteiger partial charge < -0.3 is 5.11 Å². The van der Waals surface area contributed by atoms with Crippen LogP contribution in [0.4, 0.5) is 4.39 Å². The number of aliphatic carboxylic acids is 1. The summed E-state index contributed by atoms with van der Waals surface area (Å²) in [6, 6.07) is 6.71. The summed E-state index contributed by atoms with van der Waals surface area (Å²) in [4.78, 5) is 10.4. The fourth-order valence-electron chi connectivity index (χ4n) is 1.26. The Kier molecular flexibility index (Phi) is 3.89. The lowest BCUT2D eigenvalue weighted by atomic mass is 9.97. The summed E-state index contributed by atoms with van der Waals surface area (Å²) < 4.78 is 12.6.